The Hall–Kier alpha value is 0.135. The van der Waals surface area contributed by atoms with E-state index in [-0.39, 0.29) is 13.4 Å². The summed E-state index contributed by atoms with van der Waals surface area (Å²) < 4.78 is 55.5. The van der Waals surface area contributed by atoms with Gasteiger partial charge in [0, 0.05) is 15.1 Å². The van der Waals surface area contributed by atoms with Crippen LogP contribution in [-0.2, 0) is 41.2 Å². The third-order valence-corrected chi connectivity index (χ3v) is 5.04. The van der Waals surface area contributed by atoms with Crippen LogP contribution in [0.2, 0.25) is 0 Å². The maximum Gasteiger partial charge on any atom is 0.758 e. The van der Waals surface area contributed by atoms with Crippen LogP contribution in [0.5, 0.6) is 0 Å². The first kappa shape index (κ1) is 20.2. The number of ether oxygens (including phenoxy) is 2. The molecule has 0 amide bonds. The number of nitrogens with two attached hydrogens (primary N) is 1. The van der Waals surface area contributed by atoms with Crippen LogP contribution in [0, 0.1) is 0 Å². The van der Waals surface area contributed by atoms with Gasteiger partial charge < -0.3 is 19.3 Å². The second kappa shape index (κ2) is 9.44. The fourth-order valence-electron chi connectivity index (χ4n) is 1.51. The van der Waals surface area contributed by atoms with Gasteiger partial charge in [0.25, 0.3) is 0 Å². The highest BCUT2D eigenvalue weighted by Crippen LogP contribution is 2.52. The molecular weight excluding hydrogens is 366 g/mol. The van der Waals surface area contributed by atoms with Gasteiger partial charge in [-0.2, -0.15) is 0 Å². The first-order valence-corrected chi connectivity index (χ1v) is 9.28. The van der Waals surface area contributed by atoms with Gasteiger partial charge in [-0.1, -0.05) is 0 Å². The van der Waals surface area contributed by atoms with Crippen LogP contribution >= 0.6 is 24.3 Å². The van der Waals surface area contributed by atoms with E-state index in [1.54, 1.807) is 0 Å². The molecule has 16 heteroatoms. The third kappa shape index (κ3) is 8.12. The molecule has 4 N–H and O–H groups in total. The van der Waals surface area contributed by atoms with Crippen molar-refractivity contribution in [3.8, 4) is 0 Å². The van der Waals surface area contributed by atoms with Gasteiger partial charge >= 0.3 is 24.3 Å². The number of phosphoric acid groups is 1. The molecule has 1 aliphatic rings. The molecule has 0 bridgehead atoms. The highest BCUT2D eigenvalue weighted by Gasteiger charge is 2.47. The minimum absolute atomic E-state index is 0.220. The predicted molar refractivity (Wildman–Crippen MR) is 69.4 cm³/mol. The van der Waals surface area contributed by atoms with Crippen molar-refractivity contribution in [3.63, 3.8) is 0 Å². The molecule has 1 saturated heterocycles. The SMILES string of the molecule is [B][C@H]1C[C@@H](OCON)[C@@H](CO[P+](=O)O[P+](=O)OP(=O)(O)O)O1. The third-order valence-electron chi connectivity index (χ3n) is 2.23. The van der Waals surface area contributed by atoms with Gasteiger partial charge in [-0.25, -0.2) is 10.5 Å². The van der Waals surface area contributed by atoms with E-state index in [0.717, 1.165) is 0 Å². The summed E-state index contributed by atoms with van der Waals surface area (Å²) in [6.45, 7) is -0.529. The van der Waals surface area contributed by atoms with Crippen molar-refractivity contribution in [2.24, 2.45) is 5.90 Å². The lowest BCUT2D eigenvalue weighted by Crippen LogP contribution is -2.29. The summed E-state index contributed by atoms with van der Waals surface area (Å²) in [7, 11) is -5.76. The van der Waals surface area contributed by atoms with Gasteiger partial charge in [-0.05, 0) is 10.7 Å². The zero-order valence-electron chi connectivity index (χ0n) is 10.9. The van der Waals surface area contributed by atoms with Crippen molar-refractivity contribution < 1.29 is 50.9 Å². The molecule has 0 aromatic heterocycles. The summed E-state index contributed by atoms with van der Waals surface area (Å²) in [5.74, 6) is 4.81. The van der Waals surface area contributed by atoms with Crippen molar-refractivity contribution in [1.82, 2.24) is 0 Å². The van der Waals surface area contributed by atoms with Crippen LogP contribution in [0.4, 0.5) is 0 Å². The summed E-state index contributed by atoms with van der Waals surface area (Å²) in [6, 6.07) is -0.634. The predicted octanol–water partition coefficient (Wildman–Crippen LogP) is -0.0398. The van der Waals surface area contributed by atoms with Gasteiger partial charge in [0.15, 0.2) is 11.1 Å². The zero-order valence-corrected chi connectivity index (χ0v) is 13.6. The molecule has 0 aromatic rings. The smallest absolute Gasteiger partial charge is 0.379 e. The fourth-order valence-corrected chi connectivity index (χ4v) is 3.49. The van der Waals surface area contributed by atoms with Gasteiger partial charge in [0.2, 0.25) is 0 Å². The van der Waals surface area contributed by atoms with E-state index < -0.39 is 42.5 Å². The summed E-state index contributed by atoms with van der Waals surface area (Å²) in [5, 5.41) is 0. The summed E-state index contributed by atoms with van der Waals surface area (Å²) >= 11 is 0. The lowest BCUT2D eigenvalue weighted by molar-refractivity contribution is -0.114. The van der Waals surface area contributed by atoms with Crippen LogP contribution in [0.1, 0.15) is 6.42 Å². The van der Waals surface area contributed by atoms with Gasteiger partial charge in [0.1, 0.15) is 20.6 Å². The van der Waals surface area contributed by atoms with Gasteiger partial charge in [0.05, 0.1) is 6.10 Å². The van der Waals surface area contributed by atoms with Crippen molar-refractivity contribution >= 4 is 32.2 Å². The fraction of sp³-hybridized carbons (Fsp3) is 1.00. The summed E-state index contributed by atoms with van der Waals surface area (Å²) in [4.78, 5) is 21.0. The lowest BCUT2D eigenvalue weighted by atomic mass is 9.96. The number of hydrogen-bond donors (Lipinski definition) is 3. The van der Waals surface area contributed by atoms with Gasteiger partial charge in [-0.15, -0.1) is 4.52 Å². The molecule has 1 heterocycles. The van der Waals surface area contributed by atoms with E-state index >= 15 is 0 Å². The normalized spacial score (nSPS) is 27.0. The second-order valence-electron chi connectivity index (χ2n) is 3.84. The maximum atomic E-state index is 11.3. The second-order valence-corrected chi connectivity index (χ2v) is 7.28. The maximum absolute atomic E-state index is 11.3. The first-order valence-electron chi connectivity index (χ1n) is 5.56. The number of rotatable bonds is 10. The molecule has 2 radical (unpaired) electrons. The Morgan fingerprint density at radius 1 is 1.36 bits per heavy atom. The Kier molecular flexibility index (Phi) is 8.65. The molecule has 124 valence electrons. The molecule has 22 heavy (non-hydrogen) atoms. The van der Waals surface area contributed by atoms with E-state index in [0.29, 0.717) is 6.42 Å². The van der Waals surface area contributed by atoms with E-state index in [4.69, 9.17) is 37.5 Å². The largest absolute Gasteiger partial charge is 0.758 e. The van der Waals surface area contributed by atoms with Crippen molar-refractivity contribution in [2.45, 2.75) is 24.6 Å². The van der Waals surface area contributed by atoms with E-state index in [1.165, 1.54) is 0 Å². The Labute approximate surface area is 128 Å². The molecule has 0 aromatic carbocycles. The molecule has 2 unspecified atom stereocenters. The van der Waals surface area contributed by atoms with Crippen LogP contribution < -0.4 is 5.90 Å². The average molecular weight is 379 g/mol. The molecular formula is C6H13BNO11P3+2. The highest BCUT2D eigenvalue weighted by molar-refractivity contribution is 7.58. The van der Waals surface area contributed by atoms with Crippen LogP contribution in [0.15, 0.2) is 0 Å². The van der Waals surface area contributed by atoms with Crippen molar-refractivity contribution in [3.05, 3.63) is 0 Å². The summed E-state index contributed by atoms with van der Waals surface area (Å²) in [6.07, 6.45) is -0.944. The number of hydrogen-bond acceptors (Lipinski definition) is 10. The van der Waals surface area contributed by atoms with Crippen molar-refractivity contribution in [2.75, 3.05) is 13.4 Å². The molecule has 1 aliphatic heterocycles. The molecule has 0 saturated carbocycles. The quantitative estimate of drug-likeness (QED) is 0.200. The molecule has 1 rings (SSSR count). The van der Waals surface area contributed by atoms with Crippen LogP contribution in [0.25, 0.3) is 0 Å². The Bertz CT molecular complexity index is 446. The Morgan fingerprint density at radius 3 is 2.64 bits per heavy atom. The minimum atomic E-state index is -5.03. The van der Waals surface area contributed by atoms with Crippen molar-refractivity contribution in [1.29, 1.82) is 0 Å². The van der Waals surface area contributed by atoms with E-state index in [2.05, 4.69) is 13.5 Å². The molecule has 5 atom stereocenters. The Balaban J connectivity index is 2.36. The molecule has 1 fully saturated rings. The molecule has 0 aliphatic carbocycles. The topological polar surface area (TPSA) is 173 Å². The van der Waals surface area contributed by atoms with Gasteiger partial charge in [-0.3, -0.25) is 4.84 Å². The zero-order chi connectivity index (χ0) is 16.8. The average Bonchev–Trinajstić information content (AvgIpc) is 2.71. The Morgan fingerprint density at radius 2 is 2.05 bits per heavy atom. The molecule has 0 spiro atoms. The minimum Gasteiger partial charge on any atom is -0.379 e. The van der Waals surface area contributed by atoms with Crippen LogP contribution in [-0.4, -0.2) is 49.2 Å². The molecule has 12 nitrogen and oxygen atoms in total. The van der Waals surface area contributed by atoms with E-state index in [1.807, 2.05) is 0 Å². The summed E-state index contributed by atoms with van der Waals surface area (Å²) in [5.41, 5.74) is 0. The standard InChI is InChI=1S/C6H11BNO11P3/c7-6-1-4(14-3-15-8)5(17-6)2-16-20(9)18-21(10)19-22(11,12)13/h4-6H,1-3,8H2/p+2/t4-,5-,6-/m1/s1. The highest BCUT2D eigenvalue weighted by atomic mass is 31.3. The van der Waals surface area contributed by atoms with Crippen LogP contribution in [0.3, 0.4) is 0 Å². The lowest BCUT2D eigenvalue weighted by Gasteiger charge is -2.15. The monoisotopic (exact) mass is 379 g/mol. The van der Waals surface area contributed by atoms with E-state index in [9.17, 15) is 13.7 Å². The first-order chi connectivity index (χ1) is 10.2.